The van der Waals surface area contributed by atoms with Gasteiger partial charge in [0.15, 0.2) is 5.78 Å². The lowest BCUT2D eigenvalue weighted by Crippen LogP contribution is -2.55. The standard InChI is InChI=1S/C20H24O4/c1-12-9-17-20(3)14(18(22)24-17)5-4-6-16(20)19(12,2)10-15(21)13-7-8-23-11-13/h5,7-8,11-12,16-17H,4,6,9-10H2,1-3H3. The minimum absolute atomic E-state index is 0.0475. The highest BCUT2D eigenvalue weighted by molar-refractivity contribution is 5.96. The molecule has 0 aromatic carbocycles. The van der Waals surface area contributed by atoms with Crippen LogP contribution in [0.3, 0.4) is 0 Å². The van der Waals surface area contributed by atoms with Crippen LogP contribution in [0.15, 0.2) is 34.7 Å². The number of allylic oxidation sites excluding steroid dienone is 1. The topological polar surface area (TPSA) is 56.5 Å². The molecule has 1 aliphatic heterocycles. The van der Waals surface area contributed by atoms with Crippen molar-refractivity contribution in [3.8, 4) is 0 Å². The molecule has 5 unspecified atom stereocenters. The van der Waals surface area contributed by atoms with E-state index in [1.54, 1.807) is 12.3 Å². The Labute approximate surface area is 142 Å². The van der Waals surface area contributed by atoms with Crippen LogP contribution in [0.5, 0.6) is 0 Å². The van der Waals surface area contributed by atoms with Crippen LogP contribution in [-0.2, 0) is 9.53 Å². The molecule has 3 aliphatic rings. The molecule has 0 radical (unpaired) electrons. The monoisotopic (exact) mass is 328 g/mol. The average molecular weight is 328 g/mol. The normalized spacial score (nSPS) is 40.7. The van der Waals surface area contributed by atoms with E-state index in [-0.39, 0.29) is 34.6 Å². The highest BCUT2D eigenvalue weighted by Crippen LogP contribution is 2.64. The number of rotatable bonds is 3. The van der Waals surface area contributed by atoms with Crippen molar-refractivity contribution in [1.82, 2.24) is 0 Å². The van der Waals surface area contributed by atoms with E-state index in [0.717, 1.165) is 24.8 Å². The summed E-state index contributed by atoms with van der Waals surface area (Å²) in [6, 6.07) is 1.73. The molecule has 5 atom stereocenters. The molecule has 1 aromatic heterocycles. The van der Waals surface area contributed by atoms with E-state index in [1.165, 1.54) is 6.26 Å². The molecule has 24 heavy (non-hydrogen) atoms. The van der Waals surface area contributed by atoms with Crippen LogP contribution < -0.4 is 0 Å². The van der Waals surface area contributed by atoms with Gasteiger partial charge >= 0.3 is 5.97 Å². The maximum Gasteiger partial charge on any atom is 0.334 e. The third-order valence-electron chi connectivity index (χ3n) is 7.12. The first kappa shape index (κ1) is 15.7. The van der Waals surface area contributed by atoms with E-state index in [4.69, 9.17) is 9.15 Å². The van der Waals surface area contributed by atoms with Crippen molar-refractivity contribution >= 4 is 11.8 Å². The first-order valence-electron chi connectivity index (χ1n) is 8.84. The molecule has 0 N–H and O–H groups in total. The Morgan fingerprint density at radius 3 is 2.88 bits per heavy atom. The number of carbonyl (C=O) groups excluding carboxylic acids is 2. The molecule has 0 spiro atoms. The number of esters is 1. The van der Waals surface area contributed by atoms with Gasteiger partial charge in [0.2, 0.25) is 0 Å². The van der Waals surface area contributed by atoms with Gasteiger partial charge in [-0.1, -0.05) is 26.8 Å². The highest BCUT2D eigenvalue weighted by Gasteiger charge is 2.64. The van der Waals surface area contributed by atoms with Crippen molar-refractivity contribution < 1.29 is 18.7 Å². The number of ether oxygens (including phenoxy) is 1. The van der Waals surface area contributed by atoms with Crippen molar-refractivity contribution in [3.05, 3.63) is 35.8 Å². The minimum Gasteiger partial charge on any atom is -0.472 e. The summed E-state index contributed by atoms with van der Waals surface area (Å²) < 4.78 is 10.8. The molecule has 0 bridgehead atoms. The van der Waals surface area contributed by atoms with Crippen LogP contribution in [0.4, 0.5) is 0 Å². The maximum absolute atomic E-state index is 12.8. The van der Waals surface area contributed by atoms with Crippen LogP contribution >= 0.6 is 0 Å². The Kier molecular flexibility index (Phi) is 3.32. The third-order valence-corrected chi connectivity index (χ3v) is 7.12. The quantitative estimate of drug-likeness (QED) is 0.617. The predicted molar refractivity (Wildman–Crippen MR) is 88.3 cm³/mol. The molecule has 2 heterocycles. The summed E-state index contributed by atoms with van der Waals surface area (Å²) in [4.78, 5) is 25.1. The van der Waals surface area contributed by atoms with Crippen LogP contribution in [0.2, 0.25) is 0 Å². The Morgan fingerprint density at radius 2 is 2.17 bits per heavy atom. The molecule has 1 aromatic rings. The van der Waals surface area contributed by atoms with Crippen molar-refractivity contribution in [2.24, 2.45) is 22.7 Å². The van der Waals surface area contributed by atoms with Gasteiger partial charge in [-0.15, -0.1) is 0 Å². The second-order valence-electron chi connectivity index (χ2n) is 8.18. The summed E-state index contributed by atoms with van der Waals surface area (Å²) in [5, 5.41) is 0. The van der Waals surface area contributed by atoms with Crippen molar-refractivity contribution in [3.63, 3.8) is 0 Å². The Bertz CT molecular complexity index is 716. The zero-order chi connectivity index (χ0) is 17.1. The fraction of sp³-hybridized carbons (Fsp3) is 0.600. The van der Waals surface area contributed by atoms with Gasteiger partial charge in [-0.25, -0.2) is 4.79 Å². The molecular weight excluding hydrogens is 304 g/mol. The lowest BCUT2D eigenvalue weighted by atomic mass is 9.46. The van der Waals surface area contributed by atoms with Crippen molar-refractivity contribution in [2.75, 3.05) is 0 Å². The molecule has 2 fully saturated rings. The van der Waals surface area contributed by atoms with Gasteiger partial charge in [0.25, 0.3) is 0 Å². The summed E-state index contributed by atoms with van der Waals surface area (Å²) in [5.74, 6) is 0.578. The second kappa shape index (κ2) is 5.08. The molecule has 1 saturated heterocycles. The Morgan fingerprint density at radius 1 is 1.38 bits per heavy atom. The van der Waals surface area contributed by atoms with E-state index >= 15 is 0 Å². The van der Waals surface area contributed by atoms with E-state index in [2.05, 4.69) is 26.8 Å². The fourth-order valence-electron chi connectivity index (χ4n) is 5.53. The molecular formula is C20H24O4. The molecule has 4 rings (SSSR count). The SMILES string of the molecule is CC1CC2OC(=O)C3=CCCC(C1(C)CC(=O)c1ccoc1)C32C. The Hall–Kier alpha value is -1.84. The molecule has 4 nitrogen and oxygen atoms in total. The first-order chi connectivity index (χ1) is 11.4. The molecule has 0 amide bonds. The van der Waals surface area contributed by atoms with Crippen LogP contribution in [0.25, 0.3) is 0 Å². The largest absolute Gasteiger partial charge is 0.472 e. The number of Topliss-reactive ketones (excluding diaryl/α,β-unsaturated/α-hetero) is 1. The third kappa shape index (κ3) is 1.92. The number of hydrogen-bond acceptors (Lipinski definition) is 4. The van der Waals surface area contributed by atoms with E-state index in [9.17, 15) is 9.59 Å². The summed E-state index contributed by atoms with van der Waals surface area (Å²) in [6.45, 7) is 6.60. The summed E-state index contributed by atoms with van der Waals surface area (Å²) in [6.07, 6.45) is 8.29. The van der Waals surface area contributed by atoms with Crippen LogP contribution in [0, 0.1) is 22.7 Å². The number of carbonyl (C=O) groups is 2. The summed E-state index contributed by atoms with van der Waals surface area (Å²) in [7, 11) is 0. The van der Waals surface area contributed by atoms with E-state index in [1.807, 2.05) is 0 Å². The van der Waals surface area contributed by atoms with Gasteiger partial charge in [-0.2, -0.15) is 0 Å². The van der Waals surface area contributed by atoms with Gasteiger partial charge < -0.3 is 9.15 Å². The Balaban J connectivity index is 1.72. The smallest absolute Gasteiger partial charge is 0.334 e. The zero-order valence-corrected chi connectivity index (χ0v) is 14.5. The van der Waals surface area contributed by atoms with Crippen molar-refractivity contribution in [1.29, 1.82) is 0 Å². The van der Waals surface area contributed by atoms with Gasteiger partial charge in [0, 0.05) is 17.4 Å². The van der Waals surface area contributed by atoms with Crippen LogP contribution in [-0.4, -0.2) is 17.9 Å². The minimum atomic E-state index is -0.257. The average Bonchev–Trinajstić information content (AvgIpc) is 3.14. The predicted octanol–water partition coefficient (Wildman–Crippen LogP) is 4.17. The first-order valence-corrected chi connectivity index (χ1v) is 8.84. The number of furan rings is 1. The number of hydrogen-bond donors (Lipinski definition) is 0. The van der Waals surface area contributed by atoms with E-state index in [0.29, 0.717) is 17.9 Å². The van der Waals surface area contributed by atoms with Crippen molar-refractivity contribution in [2.45, 2.75) is 52.6 Å². The molecule has 2 aliphatic carbocycles. The molecule has 1 saturated carbocycles. The van der Waals surface area contributed by atoms with Gasteiger partial charge in [-0.05, 0) is 42.6 Å². The van der Waals surface area contributed by atoms with E-state index < -0.39 is 0 Å². The summed E-state index contributed by atoms with van der Waals surface area (Å²) in [5.41, 5.74) is 1.08. The molecule has 4 heteroatoms. The fourth-order valence-corrected chi connectivity index (χ4v) is 5.53. The zero-order valence-electron chi connectivity index (χ0n) is 14.5. The highest BCUT2D eigenvalue weighted by atomic mass is 16.6. The second-order valence-corrected chi connectivity index (χ2v) is 8.18. The maximum atomic E-state index is 12.8. The van der Waals surface area contributed by atoms with Gasteiger partial charge in [0.1, 0.15) is 12.4 Å². The van der Waals surface area contributed by atoms with Gasteiger partial charge in [0.05, 0.1) is 11.8 Å². The summed E-state index contributed by atoms with van der Waals surface area (Å²) >= 11 is 0. The lowest BCUT2D eigenvalue weighted by molar-refractivity contribution is -0.147. The molecule has 128 valence electrons. The van der Waals surface area contributed by atoms with Crippen LogP contribution in [0.1, 0.15) is 56.8 Å². The lowest BCUT2D eigenvalue weighted by Gasteiger charge is -2.56. The number of ketones is 1. The van der Waals surface area contributed by atoms with Gasteiger partial charge in [-0.3, -0.25) is 4.79 Å².